The van der Waals surface area contributed by atoms with Gasteiger partial charge in [-0.15, -0.1) is 0 Å². The zero-order valence-corrected chi connectivity index (χ0v) is 20.2. The Kier molecular flexibility index (Phi) is 9.41. The minimum absolute atomic E-state index is 0.595. The van der Waals surface area contributed by atoms with Gasteiger partial charge in [0.05, 0.1) is 11.2 Å². The van der Waals surface area contributed by atoms with Crippen molar-refractivity contribution in [3.05, 3.63) is 30.3 Å². The molecule has 2 aromatic rings. The molecule has 0 spiro atoms. The number of fused-ring (bicyclic) bond motifs is 1. The third-order valence-corrected chi connectivity index (χ3v) is 6.83. The van der Waals surface area contributed by atoms with E-state index < -0.39 is 0 Å². The van der Waals surface area contributed by atoms with E-state index in [-0.39, 0.29) is 0 Å². The van der Waals surface area contributed by atoms with Crippen molar-refractivity contribution in [2.24, 2.45) is 0 Å². The minimum Gasteiger partial charge on any atom is -0.383 e. The fraction of sp³-hybridized carbons (Fsp3) is 0.654. The molecule has 1 aliphatic heterocycles. The van der Waals surface area contributed by atoms with Crippen LogP contribution in [0.3, 0.4) is 0 Å². The number of piperidine rings is 1. The van der Waals surface area contributed by atoms with Gasteiger partial charge in [0, 0.05) is 24.5 Å². The molecule has 0 atom stereocenters. The van der Waals surface area contributed by atoms with Crippen LogP contribution in [0.4, 0.5) is 11.5 Å². The van der Waals surface area contributed by atoms with Gasteiger partial charge in [-0.3, -0.25) is 0 Å². The van der Waals surface area contributed by atoms with Crippen LogP contribution in [0.5, 0.6) is 0 Å². The first-order valence-corrected chi connectivity index (χ1v) is 12.5. The van der Waals surface area contributed by atoms with E-state index in [1.807, 2.05) is 0 Å². The van der Waals surface area contributed by atoms with Crippen molar-refractivity contribution in [1.82, 2.24) is 14.8 Å². The number of hydrogen-bond acceptors (Lipinski definition) is 5. The number of nitrogens with zero attached hydrogens (tertiary/aromatic N) is 4. The first kappa shape index (κ1) is 23.8. The summed E-state index contributed by atoms with van der Waals surface area (Å²) in [6, 6.07) is 11.5. The molecule has 31 heavy (non-hydrogen) atoms. The molecule has 1 aromatic carbocycles. The highest BCUT2D eigenvalue weighted by molar-refractivity contribution is 5.91. The molecule has 0 bridgehead atoms. The van der Waals surface area contributed by atoms with Gasteiger partial charge in [0.25, 0.3) is 0 Å². The molecule has 2 heterocycles. The number of nitrogens with one attached hydrogen (secondary N) is 1. The van der Waals surface area contributed by atoms with E-state index >= 15 is 0 Å². The summed E-state index contributed by atoms with van der Waals surface area (Å²) in [5.74, 6) is 1.12. The number of anilines is 2. The lowest BCUT2D eigenvalue weighted by Crippen LogP contribution is -2.44. The minimum atomic E-state index is 0.595. The van der Waals surface area contributed by atoms with Gasteiger partial charge in [-0.05, 0) is 90.6 Å². The highest BCUT2D eigenvalue weighted by Crippen LogP contribution is 2.27. The first-order valence-electron chi connectivity index (χ1n) is 12.5. The van der Waals surface area contributed by atoms with E-state index in [1.54, 1.807) is 0 Å². The van der Waals surface area contributed by atoms with Gasteiger partial charge in [0.15, 0.2) is 0 Å². The van der Waals surface area contributed by atoms with Crippen LogP contribution in [0, 0.1) is 0 Å². The highest BCUT2D eigenvalue weighted by Gasteiger charge is 2.23. The SMILES string of the molecule is CCN(CC)CCCCCNc1cccc2ccc(N(CC)C3CCN(C)CC3)nc12. The topological polar surface area (TPSA) is 34.6 Å². The number of unbranched alkanes of at least 4 members (excludes halogenated alkanes) is 2. The summed E-state index contributed by atoms with van der Waals surface area (Å²) in [6.45, 7) is 14.7. The Labute approximate surface area is 189 Å². The van der Waals surface area contributed by atoms with Gasteiger partial charge in [-0.2, -0.15) is 0 Å². The maximum Gasteiger partial charge on any atom is 0.129 e. The molecule has 5 nitrogen and oxygen atoms in total. The zero-order chi connectivity index (χ0) is 22.1. The monoisotopic (exact) mass is 425 g/mol. The average molecular weight is 426 g/mol. The quantitative estimate of drug-likeness (QED) is 0.480. The number of aromatic nitrogens is 1. The Bertz CT molecular complexity index is 780. The van der Waals surface area contributed by atoms with E-state index in [0.717, 1.165) is 37.5 Å². The fourth-order valence-corrected chi connectivity index (χ4v) is 4.75. The normalized spacial score (nSPS) is 15.6. The van der Waals surface area contributed by atoms with Crippen LogP contribution in [0.25, 0.3) is 10.9 Å². The predicted octanol–water partition coefficient (Wildman–Crippen LogP) is 5.08. The van der Waals surface area contributed by atoms with Gasteiger partial charge >= 0.3 is 0 Å². The van der Waals surface area contributed by atoms with Crippen LogP contribution >= 0.6 is 0 Å². The number of likely N-dealkylation sites (tertiary alicyclic amines) is 1. The molecular weight excluding hydrogens is 382 g/mol. The van der Waals surface area contributed by atoms with E-state index in [1.165, 1.54) is 62.8 Å². The summed E-state index contributed by atoms with van der Waals surface area (Å²) in [6.07, 6.45) is 6.19. The third kappa shape index (κ3) is 6.56. The van der Waals surface area contributed by atoms with Crippen LogP contribution < -0.4 is 10.2 Å². The zero-order valence-electron chi connectivity index (χ0n) is 20.2. The molecule has 172 valence electrons. The van der Waals surface area contributed by atoms with Crippen molar-refractivity contribution in [3.63, 3.8) is 0 Å². The largest absolute Gasteiger partial charge is 0.383 e. The lowest BCUT2D eigenvalue weighted by molar-refractivity contribution is 0.250. The van der Waals surface area contributed by atoms with Gasteiger partial charge in [-0.1, -0.05) is 32.4 Å². The first-order chi connectivity index (χ1) is 15.2. The van der Waals surface area contributed by atoms with Gasteiger partial charge in [0.1, 0.15) is 5.82 Å². The van der Waals surface area contributed by atoms with Crippen molar-refractivity contribution in [2.45, 2.75) is 58.9 Å². The summed E-state index contributed by atoms with van der Waals surface area (Å²) in [5, 5.41) is 4.89. The molecule has 5 heteroatoms. The molecule has 3 rings (SSSR count). The van der Waals surface area contributed by atoms with Crippen molar-refractivity contribution < 1.29 is 0 Å². The summed E-state index contributed by atoms with van der Waals surface area (Å²) in [4.78, 5) is 12.6. The summed E-state index contributed by atoms with van der Waals surface area (Å²) < 4.78 is 0. The Morgan fingerprint density at radius 2 is 1.74 bits per heavy atom. The smallest absolute Gasteiger partial charge is 0.129 e. The molecular formula is C26H43N5. The molecule has 0 amide bonds. The number of benzene rings is 1. The number of para-hydroxylation sites is 1. The number of hydrogen-bond donors (Lipinski definition) is 1. The van der Waals surface area contributed by atoms with Crippen molar-refractivity contribution in [2.75, 3.05) is 63.1 Å². The van der Waals surface area contributed by atoms with E-state index in [9.17, 15) is 0 Å². The maximum atomic E-state index is 5.14. The van der Waals surface area contributed by atoms with E-state index in [0.29, 0.717) is 6.04 Å². The third-order valence-electron chi connectivity index (χ3n) is 6.83. The Morgan fingerprint density at radius 3 is 2.45 bits per heavy atom. The van der Waals surface area contributed by atoms with Gasteiger partial charge < -0.3 is 20.0 Å². The molecule has 0 aliphatic carbocycles. The number of pyridine rings is 1. The molecule has 1 fully saturated rings. The molecule has 0 radical (unpaired) electrons. The van der Waals surface area contributed by atoms with Crippen LogP contribution in [-0.4, -0.2) is 73.7 Å². The molecule has 1 aromatic heterocycles. The Balaban J connectivity index is 1.62. The van der Waals surface area contributed by atoms with Crippen LogP contribution in [-0.2, 0) is 0 Å². The summed E-state index contributed by atoms with van der Waals surface area (Å²) in [7, 11) is 2.22. The lowest BCUT2D eigenvalue weighted by atomic mass is 10.0. The van der Waals surface area contributed by atoms with E-state index in [2.05, 4.69) is 78.2 Å². The molecule has 1 aliphatic rings. The highest BCUT2D eigenvalue weighted by atomic mass is 15.2. The van der Waals surface area contributed by atoms with E-state index in [4.69, 9.17) is 4.98 Å². The second kappa shape index (κ2) is 12.3. The second-order valence-corrected chi connectivity index (χ2v) is 8.88. The predicted molar refractivity (Wildman–Crippen MR) is 135 cm³/mol. The summed E-state index contributed by atoms with van der Waals surface area (Å²) in [5.41, 5.74) is 2.28. The molecule has 0 saturated carbocycles. The van der Waals surface area contributed by atoms with Crippen molar-refractivity contribution in [3.8, 4) is 0 Å². The summed E-state index contributed by atoms with van der Waals surface area (Å²) >= 11 is 0. The van der Waals surface area contributed by atoms with Crippen molar-refractivity contribution in [1.29, 1.82) is 0 Å². The Hall–Kier alpha value is -1.85. The fourth-order valence-electron chi connectivity index (χ4n) is 4.75. The van der Waals surface area contributed by atoms with Crippen LogP contribution in [0.1, 0.15) is 52.9 Å². The van der Waals surface area contributed by atoms with Crippen molar-refractivity contribution >= 4 is 22.4 Å². The lowest BCUT2D eigenvalue weighted by Gasteiger charge is -2.37. The van der Waals surface area contributed by atoms with Crippen LogP contribution in [0.15, 0.2) is 30.3 Å². The molecule has 0 unspecified atom stereocenters. The molecule has 1 saturated heterocycles. The average Bonchev–Trinajstić information content (AvgIpc) is 2.80. The van der Waals surface area contributed by atoms with Crippen LogP contribution in [0.2, 0.25) is 0 Å². The maximum absolute atomic E-state index is 5.14. The Morgan fingerprint density at radius 1 is 0.968 bits per heavy atom. The van der Waals surface area contributed by atoms with Gasteiger partial charge in [-0.25, -0.2) is 4.98 Å². The second-order valence-electron chi connectivity index (χ2n) is 8.88. The molecule has 1 N–H and O–H groups in total. The van der Waals surface area contributed by atoms with Gasteiger partial charge in [0.2, 0.25) is 0 Å². The standard InChI is InChI=1S/C26H43N5/c1-5-30(6-2)19-10-8-9-18-27-24-13-11-12-22-14-15-25(28-26(22)24)31(7-3)23-16-20-29(4)21-17-23/h11-15,23,27H,5-10,16-21H2,1-4H3. The number of rotatable bonds is 12.